The molecule has 100 valence electrons. The third-order valence-corrected chi connectivity index (χ3v) is 4.05. The van der Waals surface area contributed by atoms with Gasteiger partial charge in [0, 0.05) is 13.0 Å². The van der Waals surface area contributed by atoms with Crippen molar-refractivity contribution in [1.82, 2.24) is 14.8 Å². The summed E-state index contributed by atoms with van der Waals surface area (Å²) in [5.74, 6) is 1.16. The Morgan fingerprint density at radius 3 is 2.61 bits per heavy atom. The summed E-state index contributed by atoms with van der Waals surface area (Å²) in [6.07, 6.45) is 5.25. The van der Waals surface area contributed by atoms with Crippen LogP contribution in [0.4, 0.5) is 0 Å². The molecule has 5 heteroatoms. The molecule has 0 unspecified atom stereocenters. The molecule has 2 rings (SSSR count). The van der Waals surface area contributed by atoms with E-state index in [9.17, 15) is 4.79 Å². The van der Waals surface area contributed by atoms with Crippen LogP contribution >= 0.6 is 0 Å². The molecule has 1 aliphatic rings. The molecule has 1 heterocycles. The van der Waals surface area contributed by atoms with Crippen molar-refractivity contribution >= 4 is 5.97 Å². The number of nitrogens with zero attached hydrogens (tertiary/aromatic N) is 3. The molecule has 1 aromatic rings. The van der Waals surface area contributed by atoms with E-state index in [1.54, 1.807) is 0 Å². The van der Waals surface area contributed by atoms with Gasteiger partial charge in [-0.25, -0.2) is 0 Å². The molecule has 0 atom stereocenters. The van der Waals surface area contributed by atoms with Gasteiger partial charge in [-0.3, -0.25) is 4.79 Å². The van der Waals surface area contributed by atoms with Gasteiger partial charge in [0.25, 0.3) is 0 Å². The SMILES string of the molecule is CCn1c(C)nnc1CC1(CC(=O)O)CCCC1. The average Bonchev–Trinajstić information content (AvgIpc) is 2.86. The Morgan fingerprint density at radius 1 is 1.39 bits per heavy atom. The summed E-state index contributed by atoms with van der Waals surface area (Å²) < 4.78 is 2.09. The van der Waals surface area contributed by atoms with Crippen LogP contribution in [0.15, 0.2) is 0 Å². The monoisotopic (exact) mass is 251 g/mol. The third kappa shape index (κ3) is 2.54. The molecule has 5 nitrogen and oxygen atoms in total. The number of aliphatic carboxylic acids is 1. The van der Waals surface area contributed by atoms with Crippen LogP contribution in [-0.4, -0.2) is 25.8 Å². The van der Waals surface area contributed by atoms with Gasteiger partial charge in [-0.2, -0.15) is 0 Å². The summed E-state index contributed by atoms with van der Waals surface area (Å²) >= 11 is 0. The van der Waals surface area contributed by atoms with Crippen LogP contribution in [0.5, 0.6) is 0 Å². The number of aromatic nitrogens is 3. The first-order valence-corrected chi connectivity index (χ1v) is 6.67. The summed E-state index contributed by atoms with van der Waals surface area (Å²) in [7, 11) is 0. The summed E-state index contributed by atoms with van der Waals surface area (Å²) in [5, 5.41) is 17.4. The zero-order valence-electron chi connectivity index (χ0n) is 11.1. The van der Waals surface area contributed by atoms with Crippen LogP contribution in [0.1, 0.15) is 50.7 Å². The van der Waals surface area contributed by atoms with Crippen molar-refractivity contribution in [3.8, 4) is 0 Å². The molecule has 1 aliphatic carbocycles. The van der Waals surface area contributed by atoms with Crippen LogP contribution in [0.25, 0.3) is 0 Å². The van der Waals surface area contributed by atoms with Crippen LogP contribution in [0.3, 0.4) is 0 Å². The average molecular weight is 251 g/mol. The number of aryl methyl sites for hydroxylation is 1. The molecule has 1 saturated carbocycles. The summed E-state index contributed by atoms with van der Waals surface area (Å²) in [6.45, 7) is 4.86. The van der Waals surface area contributed by atoms with Gasteiger partial charge in [0.2, 0.25) is 0 Å². The molecule has 0 spiro atoms. The molecular weight excluding hydrogens is 230 g/mol. The Balaban J connectivity index is 2.20. The highest BCUT2D eigenvalue weighted by Crippen LogP contribution is 2.43. The highest BCUT2D eigenvalue weighted by atomic mass is 16.4. The topological polar surface area (TPSA) is 68.0 Å². The van der Waals surface area contributed by atoms with Gasteiger partial charge in [0.1, 0.15) is 11.6 Å². The second-order valence-corrected chi connectivity index (χ2v) is 5.36. The van der Waals surface area contributed by atoms with Gasteiger partial charge >= 0.3 is 5.97 Å². The third-order valence-electron chi connectivity index (χ3n) is 4.05. The molecule has 0 radical (unpaired) electrons. The minimum atomic E-state index is -0.698. The van der Waals surface area contributed by atoms with Crippen LogP contribution in [0.2, 0.25) is 0 Å². The fourth-order valence-electron chi connectivity index (χ4n) is 3.16. The molecule has 0 saturated heterocycles. The van der Waals surface area contributed by atoms with Gasteiger partial charge in [-0.1, -0.05) is 12.8 Å². The Bertz CT molecular complexity index is 433. The first kappa shape index (κ1) is 13.1. The molecule has 0 aromatic carbocycles. The Morgan fingerprint density at radius 2 is 2.06 bits per heavy atom. The maximum atomic E-state index is 11.1. The fourth-order valence-corrected chi connectivity index (χ4v) is 3.16. The van der Waals surface area contributed by atoms with Gasteiger partial charge < -0.3 is 9.67 Å². The van der Waals surface area contributed by atoms with E-state index in [0.29, 0.717) is 0 Å². The van der Waals surface area contributed by atoms with Crippen LogP contribution in [-0.2, 0) is 17.8 Å². The van der Waals surface area contributed by atoms with Crippen LogP contribution in [0, 0.1) is 12.3 Å². The molecule has 1 aromatic heterocycles. The molecule has 1 fully saturated rings. The standard InChI is InChI=1S/C13H21N3O2/c1-3-16-10(2)14-15-11(16)8-13(9-12(17)18)6-4-5-7-13/h3-9H2,1-2H3,(H,17,18). The second-order valence-electron chi connectivity index (χ2n) is 5.36. The minimum Gasteiger partial charge on any atom is -0.481 e. The summed E-state index contributed by atoms with van der Waals surface area (Å²) in [5.41, 5.74) is -0.0990. The largest absolute Gasteiger partial charge is 0.481 e. The Hall–Kier alpha value is -1.39. The fraction of sp³-hybridized carbons (Fsp3) is 0.769. The van der Waals surface area contributed by atoms with Crippen molar-refractivity contribution in [2.24, 2.45) is 5.41 Å². The van der Waals surface area contributed by atoms with E-state index < -0.39 is 5.97 Å². The predicted octanol–water partition coefficient (Wildman–Crippen LogP) is 2.18. The Kier molecular flexibility index (Phi) is 3.68. The molecular formula is C13H21N3O2. The smallest absolute Gasteiger partial charge is 0.303 e. The number of carbonyl (C=O) groups is 1. The maximum absolute atomic E-state index is 11.1. The lowest BCUT2D eigenvalue weighted by Gasteiger charge is -2.26. The molecule has 0 aliphatic heterocycles. The zero-order chi connectivity index (χ0) is 13.2. The lowest BCUT2D eigenvalue weighted by Crippen LogP contribution is -2.25. The predicted molar refractivity (Wildman–Crippen MR) is 67.3 cm³/mol. The van der Waals surface area contributed by atoms with Crippen molar-refractivity contribution in [3.05, 3.63) is 11.6 Å². The van der Waals surface area contributed by atoms with E-state index in [1.807, 2.05) is 6.92 Å². The summed E-state index contributed by atoms with van der Waals surface area (Å²) in [6, 6.07) is 0. The molecule has 1 N–H and O–H groups in total. The first-order chi connectivity index (χ1) is 8.56. The van der Waals surface area contributed by atoms with E-state index in [-0.39, 0.29) is 11.8 Å². The number of hydrogen-bond donors (Lipinski definition) is 1. The summed E-state index contributed by atoms with van der Waals surface area (Å²) in [4.78, 5) is 11.1. The van der Waals surface area contributed by atoms with Crippen molar-refractivity contribution in [2.45, 2.75) is 58.9 Å². The second kappa shape index (κ2) is 5.08. The molecule has 18 heavy (non-hydrogen) atoms. The number of carboxylic acids is 1. The number of carboxylic acid groups (broad SMARTS) is 1. The van der Waals surface area contributed by atoms with E-state index in [2.05, 4.69) is 21.7 Å². The first-order valence-electron chi connectivity index (χ1n) is 6.67. The highest BCUT2D eigenvalue weighted by molar-refractivity contribution is 5.67. The van der Waals surface area contributed by atoms with E-state index in [0.717, 1.165) is 50.3 Å². The van der Waals surface area contributed by atoms with E-state index in [1.165, 1.54) is 0 Å². The Labute approximate surface area is 107 Å². The number of rotatable bonds is 5. The quantitative estimate of drug-likeness (QED) is 0.871. The van der Waals surface area contributed by atoms with Gasteiger partial charge in [0.05, 0.1) is 6.42 Å². The maximum Gasteiger partial charge on any atom is 0.303 e. The lowest BCUT2D eigenvalue weighted by atomic mass is 9.79. The van der Waals surface area contributed by atoms with Gasteiger partial charge in [0.15, 0.2) is 0 Å². The normalized spacial score (nSPS) is 18.1. The highest BCUT2D eigenvalue weighted by Gasteiger charge is 2.37. The van der Waals surface area contributed by atoms with Crippen molar-refractivity contribution in [1.29, 1.82) is 0 Å². The van der Waals surface area contributed by atoms with Crippen molar-refractivity contribution in [3.63, 3.8) is 0 Å². The van der Waals surface area contributed by atoms with Crippen LogP contribution < -0.4 is 0 Å². The zero-order valence-corrected chi connectivity index (χ0v) is 11.1. The minimum absolute atomic E-state index is 0.0990. The van der Waals surface area contributed by atoms with E-state index in [4.69, 9.17) is 5.11 Å². The van der Waals surface area contributed by atoms with Gasteiger partial charge in [-0.15, -0.1) is 10.2 Å². The van der Waals surface area contributed by atoms with Crippen molar-refractivity contribution < 1.29 is 9.90 Å². The lowest BCUT2D eigenvalue weighted by molar-refractivity contribution is -0.139. The molecule has 0 amide bonds. The van der Waals surface area contributed by atoms with Gasteiger partial charge in [-0.05, 0) is 32.1 Å². The van der Waals surface area contributed by atoms with E-state index >= 15 is 0 Å². The number of hydrogen-bond acceptors (Lipinski definition) is 3. The van der Waals surface area contributed by atoms with Crippen molar-refractivity contribution in [2.75, 3.05) is 0 Å². The molecule has 0 bridgehead atoms.